The molecule has 3 aromatic heterocycles. The molecule has 0 bridgehead atoms. The Morgan fingerprint density at radius 2 is 1.88 bits per heavy atom. The lowest BCUT2D eigenvalue weighted by Crippen LogP contribution is -2.26. The van der Waals surface area contributed by atoms with E-state index in [1.807, 2.05) is 6.92 Å². The zero-order valence-electron chi connectivity index (χ0n) is 13.3. The van der Waals surface area contributed by atoms with Crippen LogP contribution in [0, 0.1) is 6.92 Å². The summed E-state index contributed by atoms with van der Waals surface area (Å²) in [6, 6.07) is 7.79. The summed E-state index contributed by atoms with van der Waals surface area (Å²) >= 11 is 0. The molecule has 0 aliphatic carbocycles. The van der Waals surface area contributed by atoms with Gasteiger partial charge in [0, 0.05) is 5.56 Å². The highest BCUT2D eigenvalue weighted by atomic mass is 19.4. The first-order valence-corrected chi connectivity index (χ1v) is 7.50. The Hall–Kier alpha value is -3.36. The molecular weight excluding hydrogens is 349 g/mol. The number of rotatable bonds is 1. The predicted molar refractivity (Wildman–Crippen MR) is 88.9 cm³/mol. The van der Waals surface area contributed by atoms with Crippen LogP contribution >= 0.6 is 0 Å². The number of nitrogens with zero attached hydrogens (tertiary/aromatic N) is 3. The van der Waals surface area contributed by atoms with Crippen LogP contribution in [0.25, 0.3) is 33.5 Å². The summed E-state index contributed by atoms with van der Waals surface area (Å²) in [5, 5.41) is -0.360. The van der Waals surface area contributed by atoms with Gasteiger partial charge in [0.1, 0.15) is 11.8 Å². The van der Waals surface area contributed by atoms with E-state index in [9.17, 15) is 18.0 Å². The van der Waals surface area contributed by atoms with Gasteiger partial charge in [-0.2, -0.15) is 13.2 Å². The van der Waals surface area contributed by atoms with E-state index >= 15 is 0 Å². The molecule has 9 heteroatoms. The fourth-order valence-electron chi connectivity index (χ4n) is 2.74. The second-order valence-electron chi connectivity index (χ2n) is 5.84. The first-order valence-electron chi connectivity index (χ1n) is 7.50. The maximum Gasteiger partial charge on any atom is 0.417 e. The highest BCUT2D eigenvalue weighted by Crippen LogP contribution is 2.39. The molecule has 132 valence electrons. The summed E-state index contributed by atoms with van der Waals surface area (Å²) < 4.78 is 46.9. The average Bonchev–Trinajstić information content (AvgIpc) is 2.96. The number of benzene rings is 1. The van der Waals surface area contributed by atoms with Crippen LogP contribution in [0.3, 0.4) is 0 Å². The molecule has 0 aliphatic rings. The van der Waals surface area contributed by atoms with Crippen LogP contribution in [0.1, 0.15) is 11.1 Å². The minimum atomic E-state index is -4.68. The Morgan fingerprint density at radius 3 is 2.54 bits per heavy atom. The molecule has 26 heavy (non-hydrogen) atoms. The minimum absolute atomic E-state index is 0.0805. The van der Waals surface area contributed by atoms with Crippen molar-refractivity contribution in [3.63, 3.8) is 0 Å². The minimum Gasteiger partial charge on any atom is -0.430 e. The van der Waals surface area contributed by atoms with Crippen molar-refractivity contribution in [3.8, 4) is 11.3 Å². The fourth-order valence-corrected chi connectivity index (χ4v) is 2.74. The van der Waals surface area contributed by atoms with E-state index in [2.05, 4.69) is 9.97 Å². The highest BCUT2D eigenvalue weighted by molar-refractivity contribution is 6.03. The third kappa shape index (κ3) is 2.40. The van der Waals surface area contributed by atoms with Crippen LogP contribution in [0.15, 0.2) is 45.9 Å². The summed E-state index contributed by atoms with van der Waals surface area (Å²) in [7, 11) is 0. The van der Waals surface area contributed by atoms with Crippen molar-refractivity contribution >= 4 is 22.2 Å². The molecule has 0 spiro atoms. The van der Waals surface area contributed by atoms with Gasteiger partial charge in [0.15, 0.2) is 0 Å². The van der Waals surface area contributed by atoms with Crippen molar-refractivity contribution in [1.29, 1.82) is 0 Å². The van der Waals surface area contributed by atoms with Crippen molar-refractivity contribution in [2.45, 2.75) is 13.1 Å². The monoisotopic (exact) mass is 360 g/mol. The number of nitrogen functional groups attached to an aromatic ring is 1. The molecule has 2 N–H and O–H groups in total. The second kappa shape index (κ2) is 5.32. The molecule has 4 rings (SSSR count). The summed E-state index contributed by atoms with van der Waals surface area (Å²) in [6.45, 7) is 1.87. The summed E-state index contributed by atoms with van der Waals surface area (Å²) in [4.78, 5) is 20.0. The number of aryl methyl sites for hydroxylation is 1. The summed E-state index contributed by atoms with van der Waals surface area (Å²) in [5.74, 6) is 5.41. The number of furan rings is 1. The Balaban J connectivity index is 2.12. The topological polar surface area (TPSA) is 86.9 Å². The summed E-state index contributed by atoms with van der Waals surface area (Å²) in [6.07, 6.45) is -3.75. The Bertz CT molecular complexity index is 1210. The molecule has 0 saturated heterocycles. The Morgan fingerprint density at radius 1 is 1.19 bits per heavy atom. The van der Waals surface area contributed by atoms with E-state index in [0.717, 1.165) is 18.0 Å². The Kier molecular flexibility index (Phi) is 3.30. The quantitative estimate of drug-likeness (QED) is 0.527. The van der Waals surface area contributed by atoms with Gasteiger partial charge in [-0.3, -0.25) is 4.79 Å². The molecule has 0 saturated carbocycles. The van der Waals surface area contributed by atoms with E-state index in [0.29, 0.717) is 10.2 Å². The predicted octanol–water partition coefficient (Wildman–Crippen LogP) is 3.25. The van der Waals surface area contributed by atoms with Gasteiger partial charge in [-0.05, 0) is 13.0 Å². The molecule has 0 aliphatic heterocycles. The maximum absolute atomic E-state index is 13.7. The SMILES string of the molecule is Cc1ccc(-c2cc(C(F)(F)F)c3c(n2)oc2c(=O)n(N)cnc23)cc1. The van der Waals surface area contributed by atoms with Crippen molar-refractivity contribution in [2.75, 3.05) is 5.84 Å². The Labute approximate surface area is 143 Å². The number of pyridine rings is 1. The van der Waals surface area contributed by atoms with E-state index in [1.54, 1.807) is 24.3 Å². The van der Waals surface area contributed by atoms with Crippen LogP contribution in [0.2, 0.25) is 0 Å². The molecule has 0 amide bonds. The van der Waals surface area contributed by atoms with Crippen LogP contribution in [-0.2, 0) is 6.18 Å². The van der Waals surface area contributed by atoms with Gasteiger partial charge in [-0.25, -0.2) is 14.6 Å². The number of fused-ring (bicyclic) bond motifs is 3. The number of hydrogen-bond donors (Lipinski definition) is 1. The molecule has 0 fully saturated rings. The number of nitrogens with two attached hydrogens (primary N) is 1. The average molecular weight is 360 g/mol. The molecule has 4 aromatic rings. The lowest BCUT2D eigenvalue weighted by atomic mass is 10.0. The third-order valence-corrected chi connectivity index (χ3v) is 4.03. The van der Waals surface area contributed by atoms with Crippen molar-refractivity contribution in [3.05, 3.63) is 58.1 Å². The molecule has 0 unspecified atom stereocenters. The standard InChI is InChI=1S/C17H11F3N4O2/c1-8-2-4-9(5-3-8)11-6-10(17(18,19)20)12-13-14(26-15(12)23-11)16(25)24(21)7-22-13/h2-7H,21H2,1H3. The maximum atomic E-state index is 13.7. The number of aromatic nitrogens is 3. The van der Waals surface area contributed by atoms with Crippen molar-refractivity contribution in [2.24, 2.45) is 0 Å². The van der Waals surface area contributed by atoms with Crippen LogP contribution in [0.5, 0.6) is 0 Å². The number of hydrogen-bond acceptors (Lipinski definition) is 5. The largest absolute Gasteiger partial charge is 0.430 e. The lowest BCUT2D eigenvalue weighted by Gasteiger charge is -2.10. The number of halogens is 3. The van der Waals surface area contributed by atoms with E-state index in [-0.39, 0.29) is 27.9 Å². The van der Waals surface area contributed by atoms with E-state index in [4.69, 9.17) is 10.3 Å². The van der Waals surface area contributed by atoms with Gasteiger partial charge in [-0.15, -0.1) is 0 Å². The van der Waals surface area contributed by atoms with Gasteiger partial charge in [-0.1, -0.05) is 29.8 Å². The zero-order valence-corrected chi connectivity index (χ0v) is 13.3. The van der Waals surface area contributed by atoms with Crippen LogP contribution in [0.4, 0.5) is 13.2 Å². The smallest absolute Gasteiger partial charge is 0.417 e. The van der Waals surface area contributed by atoms with Gasteiger partial charge in [0.05, 0.1) is 16.6 Å². The van der Waals surface area contributed by atoms with Gasteiger partial charge >= 0.3 is 11.7 Å². The lowest BCUT2D eigenvalue weighted by molar-refractivity contribution is -0.136. The second-order valence-corrected chi connectivity index (χ2v) is 5.84. The first kappa shape index (κ1) is 16.1. The fraction of sp³-hybridized carbons (Fsp3) is 0.118. The van der Waals surface area contributed by atoms with Gasteiger partial charge < -0.3 is 10.3 Å². The van der Waals surface area contributed by atoms with Crippen LogP contribution < -0.4 is 11.4 Å². The molecule has 3 heterocycles. The first-order chi connectivity index (χ1) is 12.3. The van der Waals surface area contributed by atoms with Crippen molar-refractivity contribution < 1.29 is 17.6 Å². The molecular formula is C17H11F3N4O2. The normalized spacial score (nSPS) is 12.2. The molecule has 6 nitrogen and oxygen atoms in total. The highest BCUT2D eigenvalue weighted by Gasteiger charge is 2.36. The summed E-state index contributed by atoms with van der Waals surface area (Å²) in [5.41, 5.74) is -1.14. The van der Waals surface area contributed by atoms with Crippen LogP contribution in [-0.4, -0.2) is 14.6 Å². The molecule has 0 radical (unpaired) electrons. The number of alkyl halides is 3. The van der Waals surface area contributed by atoms with Gasteiger partial charge in [0.2, 0.25) is 11.3 Å². The van der Waals surface area contributed by atoms with Crippen molar-refractivity contribution in [1.82, 2.24) is 14.6 Å². The third-order valence-electron chi connectivity index (χ3n) is 4.03. The zero-order chi connectivity index (χ0) is 18.6. The van der Waals surface area contributed by atoms with Gasteiger partial charge in [0.25, 0.3) is 0 Å². The van der Waals surface area contributed by atoms with E-state index in [1.165, 1.54) is 0 Å². The van der Waals surface area contributed by atoms with E-state index < -0.39 is 17.3 Å². The molecule has 0 atom stereocenters. The molecule has 1 aromatic carbocycles.